The summed E-state index contributed by atoms with van der Waals surface area (Å²) in [5.74, 6) is -1.89. The number of carbonyl (C=O) groups is 2. The van der Waals surface area contributed by atoms with Gasteiger partial charge in [-0.05, 0) is 36.4 Å². The second kappa shape index (κ2) is 9.07. The number of halogens is 5. The van der Waals surface area contributed by atoms with Gasteiger partial charge in [-0.25, -0.2) is 5.43 Å². The van der Waals surface area contributed by atoms with Crippen molar-refractivity contribution in [2.45, 2.75) is 6.18 Å². The second-order valence-corrected chi connectivity index (χ2v) is 6.55. The van der Waals surface area contributed by atoms with Gasteiger partial charge in [-0.2, -0.15) is 18.3 Å². The molecule has 0 aromatic heterocycles. The van der Waals surface area contributed by atoms with Crippen molar-refractivity contribution in [2.24, 2.45) is 5.10 Å². The van der Waals surface area contributed by atoms with E-state index in [2.05, 4.69) is 21.0 Å². The molecule has 11 heteroatoms. The van der Waals surface area contributed by atoms with Crippen molar-refractivity contribution in [3.8, 4) is 5.75 Å². The summed E-state index contributed by atoms with van der Waals surface area (Å²) in [7, 11) is 1.45. The maximum atomic E-state index is 12.8. The van der Waals surface area contributed by atoms with Crippen LogP contribution in [0.3, 0.4) is 0 Å². The highest BCUT2D eigenvalue weighted by Gasteiger charge is 2.33. The molecular weight excluding hydrogens is 467 g/mol. The van der Waals surface area contributed by atoms with Crippen molar-refractivity contribution in [1.82, 2.24) is 5.43 Å². The van der Waals surface area contributed by atoms with E-state index in [-0.39, 0.29) is 5.69 Å². The highest BCUT2D eigenvalue weighted by Crippen LogP contribution is 2.36. The molecule has 0 aliphatic carbocycles. The van der Waals surface area contributed by atoms with Crippen molar-refractivity contribution in [2.75, 3.05) is 12.4 Å². The largest absolute Gasteiger partial charge is 0.496 e. The fourth-order valence-electron chi connectivity index (χ4n) is 2.03. The number of hydrogen-bond acceptors (Lipinski definition) is 4. The highest BCUT2D eigenvalue weighted by atomic mass is 79.9. The summed E-state index contributed by atoms with van der Waals surface area (Å²) >= 11 is 8.77. The monoisotopic (exact) mass is 477 g/mol. The van der Waals surface area contributed by atoms with E-state index in [9.17, 15) is 22.8 Å². The van der Waals surface area contributed by atoms with E-state index in [1.54, 1.807) is 18.2 Å². The first-order valence-corrected chi connectivity index (χ1v) is 8.63. The van der Waals surface area contributed by atoms with E-state index in [4.69, 9.17) is 16.3 Å². The van der Waals surface area contributed by atoms with E-state index in [0.717, 1.165) is 16.6 Å². The number of ether oxygens (including phenoxy) is 1. The van der Waals surface area contributed by atoms with Gasteiger partial charge in [0.05, 0.1) is 23.9 Å². The first-order valence-electron chi connectivity index (χ1n) is 7.46. The van der Waals surface area contributed by atoms with Crippen LogP contribution in [0.1, 0.15) is 11.1 Å². The number of anilines is 1. The lowest BCUT2D eigenvalue weighted by Gasteiger charge is -2.11. The number of benzene rings is 2. The van der Waals surface area contributed by atoms with Gasteiger partial charge in [0.2, 0.25) is 0 Å². The summed E-state index contributed by atoms with van der Waals surface area (Å²) in [6.07, 6.45) is -3.45. The lowest BCUT2D eigenvalue weighted by molar-refractivity contribution is -0.137. The van der Waals surface area contributed by atoms with E-state index in [1.807, 2.05) is 10.7 Å². The SMILES string of the molecule is COc1ccc(Br)cc1/C=N\NC(=O)C(=O)Nc1ccc(Cl)c(C(F)(F)F)c1. The van der Waals surface area contributed by atoms with Crippen LogP contribution in [0, 0.1) is 0 Å². The maximum Gasteiger partial charge on any atom is 0.417 e. The predicted molar refractivity (Wildman–Crippen MR) is 102 cm³/mol. The van der Waals surface area contributed by atoms with Crippen molar-refractivity contribution in [1.29, 1.82) is 0 Å². The lowest BCUT2D eigenvalue weighted by atomic mass is 10.2. The molecule has 0 saturated heterocycles. The zero-order chi connectivity index (χ0) is 20.9. The Hall–Kier alpha value is -2.59. The van der Waals surface area contributed by atoms with Gasteiger partial charge in [0.15, 0.2) is 0 Å². The zero-order valence-corrected chi connectivity index (χ0v) is 16.4. The Morgan fingerprint density at radius 2 is 1.89 bits per heavy atom. The van der Waals surface area contributed by atoms with Gasteiger partial charge in [0.25, 0.3) is 0 Å². The number of methoxy groups -OCH3 is 1. The maximum absolute atomic E-state index is 12.8. The quantitative estimate of drug-likeness (QED) is 0.392. The number of carbonyl (C=O) groups excluding carboxylic acids is 2. The summed E-state index contributed by atoms with van der Waals surface area (Å²) in [4.78, 5) is 23.6. The minimum absolute atomic E-state index is 0.241. The van der Waals surface area contributed by atoms with Crippen molar-refractivity contribution in [3.63, 3.8) is 0 Å². The Balaban J connectivity index is 2.04. The van der Waals surface area contributed by atoms with Crippen LogP contribution < -0.4 is 15.5 Å². The summed E-state index contributed by atoms with van der Waals surface area (Å²) < 4.78 is 44.4. The standard InChI is InChI=1S/C17H12BrClF3N3O3/c1-28-14-5-2-10(18)6-9(14)8-23-25-16(27)15(26)24-11-3-4-13(19)12(7-11)17(20,21)22/h2-8H,1H3,(H,24,26)(H,25,27)/b23-8-. The van der Waals surface area contributed by atoms with Crippen molar-refractivity contribution in [3.05, 3.63) is 57.0 Å². The molecule has 6 nitrogen and oxygen atoms in total. The number of hydrogen-bond donors (Lipinski definition) is 2. The Morgan fingerprint density at radius 3 is 2.54 bits per heavy atom. The van der Waals surface area contributed by atoms with Gasteiger partial charge < -0.3 is 10.1 Å². The van der Waals surface area contributed by atoms with E-state index >= 15 is 0 Å². The smallest absolute Gasteiger partial charge is 0.417 e. The van der Waals surface area contributed by atoms with E-state index in [0.29, 0.717) is 17.4 Å². The molecule has 0 aliphatic heterocycles. The van der Waals surface area contributed by atoms with Gasteiger partial charge in [0, 0.05) is 15.7 Å². The van der Waals surface area contributed by atoms with Crippen LogP contribution in [0.4, 0.5) is 18.9 Å². The molecule has 2 aromatic carbocycles. The average molecular weight is 479 g/mol. The summed E-state index contributed by atoms with van der Waals surface area (Å²) in [6, 6.07) is 7.81. The summed E-state index contributed by atoms with van der Waals surface area (Å²) in [5.41, 5.74) is 1.12. The normalized spacial score (nSPS) is 11.4. The molecule has 0 aliphatic rings. The Bertz CT molecular complexity index is 936. The number of rotatable bonds is 4. The molecular formula is C17H12BrClF3N3O3. The average Bonchev–Trinajstić information content (AvgIpc) is 2.62. The summed E-state index contributed by atoms with van der Waals surface area (Å²) in [6.45, 7) is 0. The fraction of sp³-hybridized carbons (Fsp3) is 0.118. The summed E-state index contributed by atoms with van der Waals surface area (Å²) in [5, 5.41) is 5.16. The number of nitrogens with zero attached hydrogens (tertiary/aromatic N) is 1. The van der Waals surface area contributed by atoms with Crippen LogP contribution in [0.15, 0.2) is 46.0 Å². The van der Waals surface area contributed by atoms with Crippen LogP contribution in [0.2, 0.25) is 5.02 Å². The van der Waals surface area contributed by atoms with Crippen LogP contribution in [0.25, 0.3) is 0 Å². The number of nitrogens with one attached hydrogen (secondary N) is 2. The van der Waals surface area contributed by atoms with Gasteiger partial charge >= 0.3 is 18.0 Å². The molecule has 2 aromatic rings. The predicted octanol–water partition coefficient (Wildman–Crippen LogP) is 4.22. The van der Waals surface area contributed by atoms with E-state index < -0.39 is 28.6 Å². The van der Waals surface area contributed by atoms with Gasteiger partial charge in [0.1, 0.15) is 5.75 Å². The Morgan fingerprint density at radius 1 is 1.18 bits per heavy atom. The molecule has 0 saturated carbocycles. The second-order valence-electron chi connectivity index (χ2n) is 5.23. The molecule has 2 amide bonds. The van der Waals surface area contributed by atoms with Gasteiger partial charge in [-0.15, -0.1) is 0 Å². The first kappa shape index (κ1) is 21.7. The van der Waals surface area contributed by atoms with Crippen molar-refractivity contribution < 1.29 is 27.5 Å². The zero-order valence-electron chi connectivity index (χ0n) is 14.1. The number of amides is 2. The Kier molecular flexibility index (Phi) is 7.03. The van der Waals surface area contributed by atoms with Crippen molar-refractivity contribution >= 4 is 51.2 Å². The molecule has 2 rings (SSSR count). The molecule has 0 spiro atoms. The molecule has 0 atom stereocenters. The Labute approximate surface area is 170 Å². The van der Waals surface area contributed by atoms with Gasteiger partial charge in [-0.1, -0.05) is 27.5 Å². The van der Waals surface area contributed by atoms with Crippen LogP contribution in [-0.2, 0) is 15.8 Å². The highest BCUT2D eigenvalue weighted by molar-refractivity contribution is 9.10. The first-order chi connectivity index (χ1) is 13.1. The van der Waals surface area contributed by atoms with Crippen LogP contribution in [-0.4, -0.2) is 25.1 Å². The van der Waals surface area contributed by atoms with Crippen LogP contribution in [0.5, 0.6) is 5.75 Å². The van der Waals surface area contributed by atoms with Crippen LogP contribution >= 0.6 is 27.5 Å². The molecule has 148 valence electrons. The molecule has 0 fully saturated rings. The van der Waals surface area contributed by atoms with Gasteiger partial charge in [-0.3, -0.25) is 9.59 Å². The van der Waals surface area contributed by atoms with E-state index in [1.165, 1.54) is 13.3 Å². The number of alkyl halides is 3. The number of hydrazone groups is 1. The molecule has 0 bridgehead atoms. The lowest BCUT2D eigenvalue weighted by Crippen LogP contribution is -2.32. The fourth-order valence-corrected chi connectivity index (χ4v) is 2.63. The minimum Gasteiger partial charge on any atom is -0.496 e. The topological polar surface area (TPSA) is 79.8 Å². The third-order valence-electron chi connectivity index (χ3n) is 3.30. The third kappa shape index (κ3) is 5.70. The molecule has 28 heavy (non-hydrogen) atoms. The molecule has 0 radical (unpaired) electrons. The molecule has 2 N–H and O–H groups in total. The third-order valence-corrected chi connectivity index (χ3v) is 4.12. The molecule has 0 unspecified atom stereocenters. The minimum atomic E-state index is -4.70. The molecule has 0 heterocycles.